The number of nitrogens with one attached hydrogen (secondary N) is 2. The Morgan fingerprint density at radius 1 is 1.33 bits per heavy atom. The third kappa shape index (κ3) is 3.70. The fraction of sp³-hybridized carbons (Fsp3) is 0.538. The lowest BCUT2D eigenvalue weighted by molar-refractivity contribution is 0.244. The van der Waals surface area contributed by atoms with Crippen molar-refractivity contribution in [1.29, 1.82) is 0 Å². The Morgan fingerprint density at radius 3 is 2.72 bits per heavy atom. The number of urea groups is 1. The Morgan fingerprint density at radius 2 is 2.11 bits per heavy atom. The Balaban J connectivity index is 1.82. The van der Waals surface area contributed by atoms with Gasteiger partial charge in [-0.15, -0.1) is 0 Å². The molecule has 0 aromatic carbocycles. The summed E-state index contributed by atoms with van der Waals surface area (Å²) in [6.07, 6.45) is 7.51. The van der Waals surface area contributed by atoms with Gasteiger partial charge in [0.25, 0.3) is 0 Å². The molecule has 1 aromatic heterocycles. The molecule has 0 bridgehead atoms. The Kier molecular flexibility index (Phi) is 4.52. The first kappa shape index (κ1) is 12.8. The summed E-state index contributed by atoms with van der Waals surface area (Å²) in [7, 11) is 0. The van der Waals surface area contributed by atoms with Gasteiger partial charge in [0.05, 0.1) is 0 Å². The van der Waals surface area contributed by atoms with Crippen molar-refractivity contribution in [1.82, 2.24) is 10.3 Å². The summed E-state index contributed by atoms with van der Waals surface area (Å²) in [6, 6.07) is 3.77. The zero-order valence-corrected chi connectivity index (χ0v) is 10.5. The predicted octanol–water partition coefficient (Wildman–Crippen LogP) is 1.99. The second-order valence-corrected chi connectivity index (χ2v) is 4.69. The normalized spacial score (nSPS) is 16.3. The predicted molar refractivity (Wildman–Crippen MR) is 71.2 cm³/mol. The SMILES string of the molecule is NCc1ccc(NC(=O)NC2CCCCC2)nc1. The summed E-state index contributed by atoms with van der Waals surface area (Å²) < 4.78 is 0. The van der Waals surface area contributed by atoms with Crippen molar-refractivity contribution in [3.8, 4) is 0 Å². The zero-order chi connectivity index (χ0) is 12.8. The van der Waals surface area contributed by atoms with Crippen LogP contribution in [0, 0.1) is 0 Å². The first-order chi connectivity index (χ1) is 8.78. The number of nitrogens with zero attached hydrogens (tertiary/aromatic N) is 1. The number of carbonyl (C=O) groups excluding carboxylic acids is 1. The molecular weight excluding hydrogens is 228 g/mol. The monoisotopic (exact) mass is 248 g/mol. The highest BCUT2D eigenvalue weighted by Crippen LogP contribution is 2.17. The molecule has 98 valence electrons. The number of pyridine rings is 1. The van der Waals surface area contributed by atoms with E-state index in [1.165, 1.54) is 19.3 Å². The molecule has 1 aromatic rings. The number of hydrogen-bond donors (Lipinski definition) is 3. The van der Waals surface area contributed by atoms with Crippen LogP contribution in [0.5, 0.6) is 0 Å². The van der Waals surface area contributed by atoms with E-state index in [1.54, 1.807) is 12.3 Å². The van der Waals surface area contributed by atoms with Crippen molar-refractivity contribution in [2.75, 3.05) is 5.32 Å². The van der Waals surface area contributed by atoms with Gasteiger partial charge in [-0.3, -0.25) is 5.32 Å². The quantitative estimate of drug-likeness (QED) is 0.765. The molecule has 2 rings (SSSR count). The lowest BCUT2D eigenvalue weighted by atomic mass is 9.96. The van der Waals surface area contributed by atoms with Crippen LogP contribution in [0.2, 0.25) is 0 Å². The van der Waals surface area contributed by atoms with Gasteiger partial charge < -0.3 is 11.1 Å². The van der Waals surface area contributed by atoms with Gasteiger partial charge in [-0.2, -0.15) is 0 Å². The molecule has 0 unspecified atom stereocenters. The van der Waals surface area contributed by atoms with Gasteiger partial charge in [-0.25, -0.2) is 9.78 Å². The summed E-state index contributed by atoms with van der Waals surface area (Å²) in [6.45, 7) is 0.460. The highest BCUT2D eigenvalue weighted by Gasteiger charge is 2.15. The minimum absolute atomic E-state index is 0.171. The second kappa shape index (κ2) is 6.35. The third-order valence-corrected chi connectivity index (χ3v) is 3.24. The van der Waals surface area contributed by atoms with Gasteiger partial charge in [-0.05, 0) is 24.5 Å². The molecule has 1 saturated carbocycles. The van der Waals surface area contributed by atoms with Gasteiger partial charge >= 0.3 is 6.03 Å². The molecule has 18 heavy (non-hydrogen) atoms. The minimum atomic E-state index is -0.171. The Bertz CT molecular complexity index is 384. The van der Waals surface area contributed by atoms with Crippen LogP contribution >= 0.6 is 0 Å². The average Bonchev–Trinajstić information content (AvgIpc) is 2.40. The summed E-state index contributed by atoms with van der Waals surface area (Å²) in [5, 5.41) is 5.72. The number of hydrogen-bond acceptors (Lipinski definition) is 3. The van der Waals surface area contributed by atoms with Crippen molar-refractivity contribution < 1.29 is 4.79 Å². The highest BCUT2D eigenvalue weighted by molar-refractivity contribution is 5.88. The van der Waals surface area contributed by atoms with Gasteiger partial charge in [0.2, 0.25) is 0 Å². The van der Waals surface area contributed by atoms with Gasteiger partial charge in [-0.1, -0.05) is 25.3 Å². The number of nitrogens with two attached hydrogens (primary N) is 1. The molecule has 0 spiro atoms. The van der Waals surface area contributed by atoms with Crippen molar-refractivity contribution >= 4 is 11.8 Å². The van der Waals surface area contributed by atoms with Crippen molar-refractivity contribution in [2.45, 2.75) is 44.7 Å². The van der Waals surface area contributed by atoms with Crippen molar-refractivity contribution in [2.24, 2.45) is 5.73 Å². The second-order valence-electron chi connectivity index (χ2n) is 4.69. The maximum atomic E-state index is 11.7. The smallest absolute Gasteiger partial charge is 0.320 e. The number of rotatable bonds is 3. The van der Waals surface area contributed by atoms with Crippen molar-refractivity contribution in [3.63, 3.8) is 0 Å². The Labute approximate surface area is 107 Å². The van der Waals surface area contributed by atoms with Crippen LogP contribution in [0.3, 0.4) is 0 Å². The number of amides is 2. The van der Waals surface area contributed by atoms with E-state index >= 15 is 0 Å². The molecule has 4 N–H and O–H groups in total. The largest absolute Gasteiger partial charge is 0.335 e. The number of anilines is 1. The fourth-order valence-corrected chi connectivity index (χ4v) is 2.20. The maximum absolute atomic E-state index is 11.7. The minimum Gasteiger partial charge on any atom is -0.335 e. The first-order valence-corrected chi connectivity index (χ1v) is 6.50. The van der Waals surface area contributed by atoms with Gasteiger partial charge in [0, 0.05) is 18.8 Å². The van der Waals surface area contributed by atoms with Crippen LogP contribution in [0.15, 0.2) is 18.3 Å². The van der Waals surface area contributed by atoms with E-state index in [0.717, 1.165) is 18.4 Å². The van der Waals surface area contributed by atoms with E-state index in [4.69, 9.17) is 5.73 Å². The molecule has 5 nitrogen and oxygen atoms in total. The van der Waals surface area contributed by atoms with E-state index in [2.05, 4.69) is 15.6 Å². The fourth-order valence-electron chi connectivity index (χ4n) is 2.20. The Hall–Kier alpha value is -1.62. The van der Waals surface area contributed by atoms with Crippen LogP contribution < -0.4 is 16.4 Å². The van der Waals surface area contributed by atoms with E-state index < -0.39 is 0 Å². The van der Waals surface area contributed by atoms with E-state index in [-0.39, 0.29) is 6.03 Å². The molecule has 5 heteroatoms. The molecule has 0 saturated heterocycles. The average molecular weight is 248 g/mol. The molecule has 1 fully saturated rings. The lowest BCUT2D eigenvalue weighted by Crippen LogP contribution is -2.39. The number of carbonyl (C=O) groups is 1. The number of aromatic nitrogens is 1. The summed E-state index contributed by atoms with van der Waals surface area (Å²) in [5.41, 5.74) is 6.44. The topological polar surface area (TPSA) is 80.0 Å². The molecule has 1 aliphatic carbocycles. The molecule has 0 atom stereocenters. The molecule has 0 aliphatic heterocycles. The molecule has 1 aliphatic rings. The van der Waals surface area contributed by atoms with Gasteiger partial charge in [0.1, 0.15) is 5.82 Å². The van der Waals surface area contributed by atoms with E-state index in [1.807, 2.05) is 6.07 Å². The van der Waals surface area contributed by atoms with E-state index in [0.29, 0.717) is 18.4 Å². The van der Waals surface area contributed by atoms with Crippen molar-refractivity contribution in [3.05, 3.63) is 23.9 Å². The van der Waals surface area contributed by atoms with Crippen LogP contribution in [0.1, 0.15) is 37.7 Å². The van der Waals surface area contributed by atoms with Gasteiger partial charge in [0.15, 0.2) is 0 Å². The first-order valence-electron chi connectivity index (χ1n) is 6.50. The standard InChI is InChI=1S/C13H20N4O/c14-8-10-6-7-12(15-9-10)17-13(18)16-11-4-2-1-3-5-11/h6-7,9,11H,1-5,8,14H2,(H2,15,16,17,18). The lowest BCUT2D eigenvalue weighted by Gasteiger charge is -2.22. The maximum Gasteiger partial charge on any atom is 0.320 e. The summed E-state index contributed by atoms with van der Waals surface area (Å²) in [5.74, 6) is 0.556. The summed E-state index contributed by atoms with van der Waals surface area (Å²) >= 11 is 0. The van der Waals surface area contributed by atoms with Crippen LogP contribution in [-0.2, 0) is 6.54 Å². The molecule has 0 radical (unpaired) electrons. The molecule has 2 amide bonds. The molecular formula is C13H20N4O. The van der Waals surface area contributed by atoms with E-state index in [9.17, 15) is 4.79 Å². The highest BCUT2D eigenvalue weighted by atomic mass is 16.2. The third-order valence-electron chi connectivity index (χ3n) is 3.24. The molecule has 1 heterocycles. The summed E-state index contributed by atoms with van der Waals surface area (Å²) in [4.78, 5) is 15.9. The zero-order valence-electron chi connectivity index (χ0n) is 10.5. The van der Waals surface area contributed by atoms with Crippen LogP contribution in [0.25, 0.3) is 0 Å². The van der Waals surface area contributed by atoms with Crippen LogP contribution in [0.4, 0.5) is 10.6 Å². The van der Waals surface area contributed by atoms with Crippen LogP contribution in [-0.4, -0.2) is 17.1 Å².